The van der Waals surface area contributed by atoms with Crippen LogP contribution < -0.4 is 0 Å². The van der Waals surface area contributed by atoms with Crippen molar-refractivity contribution in [2.24, 2.45) is 0 Å². The van der Waals surface area contributed by atoms with Gasteiger partial charge >= 0.3 is 0 Å². The molecule has 100 valence electrons. The molecule has 0 fully saturated rings. The standard InChI is InChI=1S/C17H12N4/c1-18-16-13-8-10-21-15(12-5-3-2-4-6-12)11-20-17(21)14(13)7-9-19-16/h2-7,9,11H,8,10H2. The number of nitrogens with zero attached hydrogens (tertiary/aromatic N) is 4. The summed E-state index contributed by atoms with van der Waals surface area (Å²) in [7, 11) is 0. The van der Waals surface area contributed by atoms with Gasteiger partial charge in [0.15, 0.2) is 0 Å². The Morgan fingerprint density at radius 1 is 1.10 bits per heavy atom. The Morgan fingerprint density at radius 2 is 1.95 bits per heavy atom. The van der Waals surface area contributed by atoms with E-state index in [-0.39, 0.29) is 0 Å². The maximum Gasteiger partial charge on any atom is 0.273 e. The highest BCUT2D eigenvalue weighted by molar-refractivity contribution is 5.72. The number of aromatic nitrogens is 3. The maximum atomic E-state index is 7.24. The predicted octanol–water partition coefficient (Wildman–Crippen LogP) is 3.72. The molecule has 3 aromatic rings. The van der Waals surface area contributed by atoms with Gasteiger partial charge in [-0.3, -0.25) is 0 Å². The molecule has 0 radical (unpaired) electrons. The minimum atomic E-state index is 0.503. The number of benzene rings is 1. The molecule has 0 amide bonds. The van der Waals surface area contributed by atoms with Crippen LogP contribution in [0.4, 0.5) is 5.82 Å². The Morgan fingerprint density at radius 3 is 2.76 bits per heavy atom. The SMILES string of the molecule is [C-]#[N+]c1nccc2c1CCn1c(-c3ccccc3)cnc1-2. The third-order valence-corrected chi connectivity index (χ3v) is 3.89. The van der Waals surface area contributed by atoms with Crippen LogP contribution in [0.2, 0.25) is 0 Å². The number of pyridine rings is 1. The summed E-state index contributed by atoms with van der Waals surface area (Å²) >= 11 is 0. The first kappa shape index (κ1) is 11.9. The van der Waals surface area contributed by atoms with Crippen molar-refractivity contribution in [2.45, 2.75) is 13.0 Å². The summed E-state index contributed by atoms with van der Waals surface area (Å²) in [6.45, 7) is 8.08. The van der Waals surface area contributed by atoms with Crippen molar-refractivity contribution in [1.29, 1.82) is 0 Å². The zero-order valence-corrected chi connectivity index (χ0v) is 11.3. The normalized spacial score (nSPS) is 12.3. The molecule has 1 aliphatic rings. The highest BCUT2D eigenvalue weighted by atomic mass is 15.1. The van der Waals surface area contributed by atoms with Crippen molar-refractivity contribution in [3.8, 4) is 22.6 Å². The molecule has 0 bridgehead atoms. The predicted molar refractivity (Wildman–Crippen MR) is 80.9 cm³/mol. The average Bonchev–Trinajstić information content (AvgIpc) is 2.99. The summed E-state index contributed by atoms with van der Waals surface area (Å²) in [6, 6.07) is 12.2. The molecule has 4 heteroatoms. The summed E-state index contributed by atoms with van der Waals surface area (Å²) in [6.07, 6.45) is 4.43. The number of rotatable bonds is 1. The molecule has 0 N–H and O–H groups in total. The van der Waals surface area contributed by atoms with E-state index in [1.807, 2.05) is 30.5 Å². The molecule has 4 rings (SSSR count). The summed E-state index contributed by atoms with van der Waals surface area (Å²) in [4.78, 5) is 12.3. The molecule has 1 aliphatic heterocycles. The zero-order chi connectivity index (χ0) is 14.2. The number of fused-ring (bicyclic) bond motifs is 3. The Labute approximate surface area is 122 Å². The summed E-state index contributed by atoms with van der Waals surface area (Å²) in [5.41, 5.74) is 4.34. The van der Waals surface area contributed by atoms with Gasteiger partial charge in [-0.2, -0.15) is 0 Å². The van der Waals surface area contributed by atoms with Crippen molar-refractivity contribution < 1.29 is 0 Å². The molecule has 0 saturated carbocycles. The van der Waals surface area contributed by atoms with Gasteiger partial charge in [0.2, 0.25) is 0 Å². The van der Waals surface area contributed by atoms with Crippen molar-refractivity contribution >= 4 is 5.82 Å². The summed E-state index contributed by atoms with van der Waals surface area (Å²) in [5, 5.41) is 0. The Balaban J connectivity index is 1.91. The van der Waals surface area contributed by atoms with Crippen molar-refractivity contribution in [3.05, 3.63) is 65.8 Å². The molecular formula is C17H12N4. The van der Waals surface area contributed by atoms with Crippen LogP contribution >= 0.6 is 0 Å². The van der Waals surface area contributed by atoms with Crippen LogP contribution in [0.3, 0.4) is 0 Å². The van der Waals surface area contributed by atoms with Gasteiger partial charge in [-0.25, -0.2) is 4.98 Å². The topological polar surface area (TPSA) is 35.1 Å². The fraction of sp³-hybridized carbons (Fsp3) is 0.118. The van der Waals surface area contributed by atoms with Gasteiger partial charge in [-0.05, 0) is 23.6 Å². The van der Waals surface area contributed by atoms with Gasteiger partial charge in [0.25, 0.3) is 5.82 Å². The van der Waals surface area contributed by atoms with Gasteiger partial charge in [0, 0.05) is 12.1 Å². The molecule has 3 heterocycles. The lowest BCUT2D eigenvalue weighted by atomic mass is 10.0. The fourth-order valence-corrected chi connectivity index (χ4v) is 2.91. The monoisotopic (exact) mass is 272 g/mol. The summed E-state index contributed by atoms with van der Waals surface area (Å²) < 4.78 is 2.23. The third kappa shape index (κ3) is 1.75. The van der Waals surface area contributed by atoms with Crippen molar-refractivity contribution in [1.82, 2.24) is 14.5 Å². The molecule has 0 saturated heterocycles. The Bertz CT molecular complexity index is 856. The van der Waals surface area contributed by atoms with E-state index >= 15 is 0 Å². The van der Waals surface area contributed by atoms with Crippen LogP contribution in [-0.2, 0) is 13.0 Å². The van der Waals surface area contributed by atoms with Gasteiger partial charge in [0.05, 0.1) is 11.9 Å². The molecule has 1 aromatic carbocycles. The maximum absolute atomic E-state index is 7.24. The molecule has 0 atom stereocenters. The van der Waals surface area contributed by atoms with Crippen LogP contribution in [0.15, 0.2) is 48.8 Å². The van der Waals surface area contributed by atoms with Gasteiger partial charge in [0.1, 0.15) is 12.0 Å². The minimum absolute atomic E-state index is 0.503. The van der Waals surface area contributed by atoms with Gasteiger partial charge in [-0.15, -0.1) is 4.98 Å². The number of imidazole rings is 1. The first-order chi connectivity index (χ1) is 10.4. The smallest absolute Gasteiger partial charge is 0.273 e. The Kier molecular flexibility index (Phi) is 2.58. The average molecular weight is 272 g/mol. The summed E-state index contributed by atoms with van der Waals surface area (Å²) in [5.74, 6) is 1.44. The molecule has 4 nitrogen and oxygen atoms in total. The lowest BCUT2D eigenvalue weighted by Crippen LogP contribution is -2.12. The molecule has 21 heavy (non-hydrogen) atoms. The lowest BCUT2D eigenvalue weighted by molar-refractivity contribution is 0.689. The highest BCUT2D eigenvalue weighted by Crippen LogP contribution is 2.36. The van der Waals surface area contributed by atoms with Crippen LogP contribution in [0, 0.1) is 6.57 Å². The third-order valence-electron chi connectivity index (χ3n) is 3.89. The Hall–Kier alpha value is -2.93. The minimum Gasteiger partial charge on any atom is -0.360 e. The highest BCUT2D eigenvalue weighted by Gasteiger charge is 2.23. The van der Waals surface area contributed by atoms with Crippen LogP contribution in [0.5, 0.6) is 0 Å². The largest absolute Gasteiger partial charge is 0.360 e. The van der Waals surface area contributed by atoms with E-state index < -0.39 is 0 Å². The first-order valence-electron chi connectivity index (χ1n) is 6.85. The van der Waals surface area contributed by atoms with E-state index in [0.29, 0.717) is 5.82 Å². The van der Waals surface area contributed by atoms with E-state index in [0.717, 1.165) is 35.6 Å². The van der Waals surface area contributed by atoms with Crippen molar-refractivity contribution in [2.75, 3.05) is 0 Å². The second kappa shape index (κ2) is 4.57. The van der Waals surface area contributed by atoms with E-state index in [9.17, 15) is 0 Å². The second-order valence-electron chi connectivity index (χ2n) is 5.01. The number of hydrogen-bond acceptors (Lipinski definition) is 2. The van der Waals surface area contributed by atoms with Crippen LogP contribution in [0.25, 0.3) is 27.5 Å². The zero-order valence-electron chi connectivity index (χ0n) is 11.3. The lowest BCUT2D eigenvalue weighted by Gasteiger charge is -2.20. The first-order valence-corrected chi connectivity index (χ1v) is 6.85. The fourth-order valence-electron chi connectivity index (χ4n) is 2.91. The molecular weight excluding hydrogens is 260 g/mol. The van der Waals surface area contributed by atoms with E-state index in [4.69, 9.17) is 6.57 Å². The molecule has 0 unspecified atom stereocenters. The van der Waals surface area contributed by atoms with E-state index in [2.05, 4.69) is 31.5 Å². The molecule has 2 aromatic heterocycles. The van der Waals surface area contributed by atoms with Crippen molar-refractivity contribution in [3.63, 3.8) is 0 Å². The van der Waals surface area contributed by atoms with Gasteiger partial charge in [-0.1, -0.05) is 36.9 Å². The van der Waals surface area contributed by atoms with Crippen LogP contribution in [-0.4, -0.2) is 14.5 Å². The van der Waals surface area contributed by atoms with E-state index in [1.54, 1.807) is 6.20 Å². The van der Waals surface area contributed by atoms with E-state index in [1.165, 1.54) is 5.56 Å². The molecule has 0 aliphatic carbocycles. The van der Waals surface area contributed by atoms with Gasteiger partial charge < -0.3 is 9.41 Å². The molecule has 0 spiro atoms. The quantitative estimate of drug-likeness (QED) is 0.633. The van der Waals surface area contributed by atoms with Crippen LogP contribution in [0.1, 0.15) is 5.56 Å². The number of hydrogen-bond donors (Lipinski definition) is 0. The second-order valence-corrected chi connectivity index (χ2v) is 5.01.